The van der Waals surface area contributed by atoms with Crippen LogP contribution in [0.5, 0.6) is 0 Å². The molecule has 6 nitrogen and oxygen atoms in total. The summed E-state index contributed by atoms with van der Waals surface area (Å²) in [5.41, 5.74) is 2.77. The van der Waals surface area contributed by atoms with Crippen LogP contribution in [0.15, 0.2) is 59.6 Å². The fourth-order valence-corrected chi connectivity index (χ4v) is 2.70. The standard InChI is InChI=1S/C22H30N4O2/c1-4-23-22(25-16-20(27)14-17-8-6-5-7-9-17)24-15-18-10-12-19(13-11-18)21(28)26(2)3/h5-13,20,27H,4,14-16H2,1-3H3,(H2,23,24,25). The van der Waals surface area contributed by atoms with E-state index in [1.54, 1.807) is 19.0 Å². The van der Waals surface area contributed by atoms with Gasteiger partial charge in [-0.15, -0.1) is 0 Å². The summed E-state index contributed by atoms with van der Waals surface area (Å²) in [6, 6.07) is 17.4. The van der Waals surface area contributed by atoms with Crippen molar-refractivity contribution >= 4 is 11.9 Å². The Morgan fingerprint density at radius 3 is 2.32 bits per heavy atom. The highest BCUT2D eigenvalue weighted by molar-refractivity contribution is 5.93. The molecule has 28 heavy (non-hydrogen) atoms. The molecule has 1 amide bonds. The van der Waals surface area contributed by atoms with Gasteiger partial charge in [0.15, 0.2) is 5.96 Å². The van der Waals surface area contributed by atoms with Crippen molar-refractivity contribution in [3.63, 3.8) is 0 Å². The van der Waals surface area contributed by atoms with Gasteiger partial charge in [-0.25, -0.2) is 4.99 Å². The van der Waals surface area contributed by atoms with Gasteiger partial charge in [-0.3, -0.25) is 4.79 Å². The van der Waals surface area contributed by atoms with Crippen LogP contribution >= 0.6 is 0 Å². The number of rotatable bonds is 8. The average Bonchev–Trinajstić information content (AvgIpc) is 2.70. The number of carbonyl (C=O) groups is 1. The van der Waals surface area contributed by atoms with E-state index in [1.807, 2.05) is 61.5 Å². The molecule has 150 valence electrons. The van der Waals surface area contributed by atoms with Crippen LogP contribution in [0.1, 0.15) is 28.4 Å². The molecule has 2 aromatic rings. The SMILES string of the molecule is CCNC(=NCc1ccc(C(=O)N(C)C)cc1)NCC(O)Cc1ccccc1. The van der Waals surface area contributed by atoms with E-state index in [-0.39, 0.29) is 5.91 Å². The summed E-state index contributed by atoms with van der Waals surface area (Å²) in [6.07, 6.45) is 0.0943. The van der Waals surface area contributed by atoms with E-state index >= 15 is 0 Å². The predicted molar refractivity (Wildman–Crippen MR) is 113 cm³/mol. The summed E-state index contributed by atoms with van der Waals surface area (Å²) in [5.74, 6) is 0.639. The summed E-state index contributed by atoms with van der Waals surface area (Å²) < 4.78 is 0. The highest BCUT2D eigenvalue weighted by Crippen LogP contribution is 2.07. The van der Waals surface area contributed by atoms with Crippen molar-refractivity contribution < 1.29 is 9.90 Å². The van der Waals surface area contributed by atoms with Crippen LogP contribution in [-0.4, -0.2) is 55.2 Å². The number of carbonyl (C=O) groups excluding carboxylic acids is 1. The third kappa shape index (κ3) is 7.04. The Hall–Kier alpha value is -2.86. The number of aliphatic hydroxyl groups excluding tert-OH is 1. The van der Waals surface area contributed by atoms with Crippen LogP contribution in [0, 0.1) is 0 Å². The van der Waals surface area contributed by atoms with Crippen LogP contribution in [0.25, 0.3) is 0 Å². The van der Waals surface area contributed by atoms with Crippen molar-refractivity contribution in [2.24, 2.45) is 4.99 Å². The van der Waals surface area contributed by atoms with Crippen LogP contribution < -0.4 is 10.6 Å². The molecule has 2 aromatic carbocycles. The van der Waals surface area contributed by atoms with Gasteiger partial charge in [0.25, 0.3) is 5.91 Å². The van der Waals surface area contributed by atoms with Crippen molar-refractivity contribution in [2.45, 2.75) is 26.0 Å². The molecule has 0 bridgehead atoms. The fourth-order valence-electron chi connectivity index (χ4n) is 2.70. The second-order valence-electron chi connectivity index (χ2n) is 6.82. The Bertz CT molecular complexity index is 758. The van der Waals surface area contributed by atoms with Crippen LogP contribution in [0.3, 0.4) is 0 Å². The van der Waals surface area contributed by atoms with Crippen molar-refractivity contribution in [3.8, 4) is 0 Å². The maximum absolute atomic E-state index is 11.9. The summed E-state index contributed by atoms with van der Waals surface area (Å²) in [5, 5.41) is 16.6. The second-order valence-corrected chi connectivity index (χ2v) is 6.82. The quantitative estimate of drug-likeness (QED) is 0.482. The molecule has 1 atom stereocenters. The van der Waals surface area contributed by atoms with Gasteiger partial charge < -0.3 is 20.6 Å². The maximum atomic E-state index is 11.9. The third-order valence-corrected chi connectivity index (χ3v) is 4.19. The van der Waals surface area contributed by atoms with Gasteiger partial charge in [0.2, 0.25) is 0 Å². The topological polar surface area (TPSA) is 77.0 Å². The van der Waals surface area contributed by atoms with Crippen LogP contribution in [0.2, 0.25) is 0 Å². The minimum absolute atomic E-state index is 0.0162. The van der Waals surface area contributed by atoms with Gasteiger partial charge in [-0.2, -0.15) is 0 Å². The Labute approximate surface area is 167 Å². The number of nitrogens with zero attached hydrogens (tertiary/aromatic N) is 2. The van der Waals surface area contributed by atoms with E-state index in [9.17, 15) is 9.90 Å². The van der Waals surface area contributed by atoms with Crippen molar-refractivity contribution in [2.75, 3.05) is 27.2 Å². The molecule has 0 saturated carbocycles. The maximum Gasteiger partial charge on any atom is 0.253 e. The highest BCUT2D eigenvalue weighted by Gasteiger charge is 2.08. The smallest absolute Gasteiger partial charge is 0.253 e. The minimum atomic E-state index is -0.498. The van der Waals surface area contributed by atoms with Crippen molar-refractivity contribution in [1.29, 1.82) is 0 Å². The molecule has 2 rings (SSSR count). The third-order valence-electron chi connectivity index (χ3n) is 4.19. The van der Waals surface area contributed by atoms with Gasteiger partial charge in [-0.1, -0.05) is 42.5 Å². The fraction of sp³-hybridized carbons (Fsp3) is 0.364. The number of guanidine groups is 1. The molecule has 1 unspecified atom stereocenters. The summed E-state index contributed by atoms with van der Waals surface area (Å²) >= 11 is 0. The molecule has 0 heterocycles. The highest BCUT2D eigenvalue weighted by atomic mass is 16.3. The number of aliphatic hydroxyl groups is 1. The van der Waals surface area contributed by atoms with E-state index in [2.05, 4.69) is 15.6 Å². The van der Waals surface area contributed by atoms with Crippen molar-refractivity contribution in [3.05, 3.63) is 71.3 Å². The van der Waals surface area contributed by atoms with Crippen LogP contribution in [-0.2, 0) is 13.0 Å². The molecule has 0 aromatic heterocycles. The molecule has 0 spiro atoms. The van der Waals surface area contributed by atoms with Crippen LogP contribution in [0.4, 0.5) is 0 Å². The van der Waals surface area contributed by atoms with Gasteiger partial charge in [0.05, 0.1) is 12.6 Å². The lowest BCUT2D eigenvalue weighted by atomic mass is 10.1. The van der Waals surface area contributed by atoms with Gasteiger partial charge in [0.1, 0.15) is 0 Å². The first-order chi connectivity index (χ1) is 13.5. The molecule has 0 radical (unpaired) electrons. The van der Waals surface area contributed by atoms with Crippen molar-refractivity contribution in [1.82, 2.24) is 15.5 Å². The zero-order valence-electron chi connectivity index (χ0n) is 16.9. The summed E-state index contributed by atoms with van der Waals surface area (Å²) in [4.78, 5) is 18.1. The Morgan fingerprint density at radius 2 is 1.71 bits per heavy atom. The number of aliphatic imine (C=N–C) groups is 1. The van der Waals surface area contributed by atoms with E-state index in [4.69, 9.17) is 0 Å². The second kappa shape index (κ2) is 11.1. The molecule has 0 aliphatic heterocycles. The molecular formula is C22H30N4O2. The first-order valence-corrected chi connectivity index (χ1v) is 9.54. The zero-order chi connectivity index (χ0) is 20.4. The molecular weight excluding hydrogens is 352 g/mol. The number of hydrogen-bond donors (Lipinski definition) is 3. The van der Waals surface area contributed by atoms with Gasteiger partial charge in [0, 0.05) is 39.2 Å². The number of hydrogen-bond acceptors (Lipinski definition) is 3. The Kier molecular flexibility index (Phi) is 8.49. The van der Waals surface area contributed by atoms with Gasteiger partial charge in [-0.05, 0) is 30.2 Å². The zero-order valence-corrected chi connectivity index (χ0v) is 16.9. The first-order valence-electron chi connectivity index (χ1n) is 9.54. The molecule has 0 fully saturated rings. The molecule has 6 heteroatoms. The molecule has 0 saturated heterocycles. The average molecular weight is 383 g/mol. The summed E-state index contributed by atoms with van der Waals surface area (Å²) in [6.45, 7) is 3.63. The van der Waals surface area contributed by atoms with Gasteiger partial charge >= 0.3 is 0 Å². The molecule has 0 aliphatic carbocycles. The number of benzene rings is 2. The van der Waals surface area contributed by atoms with E-state index in [1.165, 1.54) is 0 Å². The lowest BCUT2D eigenvalue weighted by Crippen LogP contribution is -2.41. The lowest BCUT2D eigenvalue weighted by molar-refractivity contribution is 0.0827. The van der Waals surface area contributed by atoms with E-state index in [0.29, 0.717) is 31.0 Å². The van der Waals surface area contributed by atoms with E-state index < -0.39 is 6.10 Å². The Morgan fingerprint density at radius 1 is 1.04 bits per heavy atom. The lowest BCUT2D eigenvalue weighted by Gasteiger charge is -2.15. The predicted octanol–water partition coefficient (Wildman–Crippen LogP) is 2.05. The Balaban J connectivity index is 1.90. The summed E-state index contributed by atoms with van der Waals surface area (Å²) in [7, 11) is 3.47. The number of amides is 1. The number of nitrogens with one attached hydrogen (secondary N) is 2. The monoisotopic (exact) mass is 382 g/mol. The van der Waals surface area contributed by atoms with E-state index in [0.717, 1.165) is 17.7 Å². The largest absolute Gasteiger partial charge is 0.391 e. The normalized spacial score (nSPS) is 12.4. The molecule has 3 N–H and O–H groups in total. The minimum Gasteiger partial charge on any atom is -0.391 e. The molecule has 0 aliphatic rings. The first kappa shape index (κ1) is 21.4.